The molecule has 2 nitrogen and oxygen atoms in total. The van der Waals surface area contributed by atoms with Gasteiger partial charge in [-0.25, -0.2) is 0 Å². The number of benzene rings is 1. The van der Waals surface area contributed by atoms with E-state index < -0.39 is 0 Å². The molecule has 1 amide bonds. The molecule has 29 heavy (non-hydrogen) atoms. The second-order valence-corrected chi connectivity index (χ2v) is 9.16. The van der Waals surface area contributed by atoms with Crippen LogP contribution in [0.1, 0.15) is 99.9 Å². The van der Waals surface area contributed by atoms with Gasteiger partial charge in [-0.05, 0) is 73.5 Å². The molecule has 0 unspecified atom stereocenters. The van der Waals surface area contributed by atoms with E-state index in [1.54, 1.807) is 0 Å². The summed E-state index contributed by atoms with van der Waals surface area (Å²) in [5.41, 5.74) is 2.57. The SMILES string of the molecule is CC.CCCC(C)(C)Cc1ccc(NC(=O)C/C=C/C2CCC(CC)CC2)cc1.[HH]. The quantitative estimate of drug-likeness (QED) is 0.413. The molecule has 1 aromatic rings. The molecule has 1 saturated carbocycles. The highest BCUT2D eigenvalue weighted by molar-refractivity contribution is 5.91. The van der Waals surface area contributed by atoms with Crippen molar-refractivity contribution in [2.75, 3.05) is 5.32 Å². The zero-order valence-corrected chi connectivity index (χ0v) is 19.9. The number of nitrogens with one attached hydrogen (secondary N) is 1. The highest BCUT2D eigenvalue weighted by atomic mass is 16.1. The molecular formula is C27H47NO. The minimum absolute atomic E-state index is 0. The monoisotopic (exact) mass is 401 g/mol. The smallest absolute Gasteiger partial charge is 0.228 e. The van der Waals surface area contributed by atoms with Crippen LogP contribution in [0.3, 0.4) is 0 Å². The molecule has 0 saturated heterocycles. The molecule has 1 fully saturated rings. The number of hydrogen-bond acceptors (Lipinski definition) is 1. The average molecular weight is 402 g/mol. The first-order valence-electron chi connectivity index (χ1n) is 12.0. The molecule has 1 aliphatic rings. The maximum Gasteiger partial charge on any atom is 0.228 e. The fraction of sp³-hybridized carbons (Fsp3) is 0.667. The molecule has 0 bridgehead atoms. The molecule has 0 heterocycles. The highest BCUT2D eigenvalue weighted by Gasteiger charge is 2.18. The Bertz CT molecular complexity index is 598. The first kappa shape index (κ1) is 25.5. The molecular weight excluding hydrogens is 354 g/mol. The van der Waals surface area contributed by atoms with Crippen molar-refractivity contribution >= 4 is 11.6 Å². The third kappa shape index (κ3) is 10.1. The largest absolute Gasteiger partial charge is 0.326 e. The van der Waals surface area contributed by atoms with Crippen LogP contribution in [0.25, 0.3) is 0 Å². The van der Waals surface area contributed by atoms with Gasteiger partial charge in [0, 0.05) is 13.5 Å². The normalized spacial score (nSPS) is 19.5. The third-order valence-corrected chi connectivity index (χ3v) is 6.03. The van der Waals surface area contributed by atoms with E-state index in [-0.39, 0.29) is 7.33 Å². The molecule has 0 spiro atoms. The van der Waals surface area contributed by atoms with Crippen molar-refractivity contribution in [2.24, 2.45) is 17.3 Å². The van der Waals surface area contributed by atoms with E-state index in [0.717, 1.165) is 18.0 Å². The van der Waals surface area contributed by atoms with Gasteiger partial charge in [-0.15, -0.1) is 0 Å². The number of allylic oxidation sites excluding steroid dienone is 1. The minimum Gasteiger partial charge on any atom is -0.326 e. The van der Waals surface area contributed by atoms with E-state index in [2.05, 4.69) is 57.3 Å². The van der Waals surface area contributed by atoms with Gasteiger partial charge in [0.05, 0.1) is 0 Å². The zero-order valence-electron chi connectivity index (χ0n) is 19.9. The van der Waals surface area contributed by atoms with E-state index in [1.807, 2.05) is 26.0 Å². The Hall–Kier alpha value is -1.57. The number of anilines is 1. The van der Waals surface area contributed by atoms with Gasteiger partial charge in [-0.1, -0.05) is 78.7 Å². The summed E-state index contributed by atoms with van der Waals surface area (Å²) in [7, 11) is 0. The molecule has 0 aliphatic heterocycles. The van der Waals surface area contributed by atoms with E-state index in [9.17, 15) is 4.79 Å². The Kier molecular flexibility index (Phi) is 12.0. The lowest BCUT2D eigenvalue weighted by Gasteiger charge is -2.25. The van der Waals surface area contributed by atoms with Crippen LogP contribution in [0.5, 0.6) is 0 Å². The van der Waals surface area contributed by atoms with Gasteiger partial charge < -0.3 is 5.32 Å². The molecule has 0 atom stereocenters. The molecule has 0 radical (unpaired) electrons. The van der Waals surface area contributed by atoms with Crippen LogP contribution in [0.4, 0.5) is 5.69 Å². The topological polar surface area (TPSA) is 29.1 Å². The van der Waals surface area contributed by atoms with Gasteiger partial charge in [-0.2, -0.15) is 0 Å². The summed E-state index contributed by atoms with van der Waals surface area (Å²) in [5, 5.41) is 3.02. The van der Waals surface area contributed by atoms with E-state index in [4.69, 9.17) is 0 Å². The molecule has 0 aromatic heterocycles. The summed E-state index contributed by atoms with van der Waals surface area (Å²) in [6.45, 7) is 13.2. The molecule has 1 aliphatic carbocycles. The van der Waals surface area contributed by atoms with Crippen LogP contribution in [-0.2, 0) is 11.2 Å². The van der Waals surface area contributed by atoms with Crippen molar-refractivity contribution in [2.45, 2.75) is 99.3 Å². The van der Waals surface area contributed by atoms with Crippen molar-refractivity contribution in [1.82, 2.24) is 0 Å². The predicted octanol–water partition coefficient (Wildman–Crippen LogP) is 8.43. The Balaban J connectivity index is 0.00000272. The van der Waals surface area contributed by atoms with Crippen LogP contribution in [0.15, 0.2) is 36.4 Å². The Morgan fingerprint density at radius 2 is 1.72 bits per heavy atom. The van der Waals surface area contributed by atoms with Crippen LogP contribution in [0.2, 0.25) is 0 Å². The lowest BCUT2D eigenvalue weighted by Crippen LogP contribution is -2.15. The van der Waals surface area contributed by atoms with Crippen LogP contribution < -0.4 is 5.32 Å². The molecule has 1 N–H and O–H groups in total. The maximum absolute atomic E-state index is 12.2. The van der Waals surface area contributed by atoms with Crippen molar-refractivity contribution in [1.29, 1.82) is 0 Å². The summed E-state index contributed by atoms with van der Waals surface area (Å²) < 4.78 is 0. The first-order chi connectivity index (χ1) is 13.9. The van der Waals surface area contributed by atoms with Crippen molar-refractivity contribution in [3.05, 3.63) is 42.0 Å². The highest BCUT2D eigenvalue weighted by Crippen LogP contribution is 2.31. The average Bonchev–Trinajstić information content (AvgIpc) is 2.71. The van der Waals surface area contributed by atoms with Crippen molar-refractivity contribution < 1.29 is 6.22 Å². The number of carbonyl (C=O) groups is 1. The summed E-state index contributed by atoms with van der Waals surface area (Å²) >= 11 is 0. The van der Waals surface area contributed by atoms with E-state index >= 15 is 0 Å². The Morgan fingerprint density at radius 3 is 2.28 bits per heavy atom. The maximum atomic E-state index is 12.2. The van der Waals surface area contributed by atoms with E-state index in [1.165, 1.54) is 50.5 Å². The lowest BCUT2D eigenvalue weighted by atomic mass is 9.81. The van der Waals surface area contributed by atoms with Gasteiger partial charge in [0.25, 0.3) is 0 Å². The summed E-state index contributed by atoms with van der Waals surface area (Å²) in [4.78, 5) is 12.2. The van der Waals surface area contributed by atoms with Crippen LogP contribution in [0, 0.1) is 17.3 Å². The first-order valence-corrected chi connectivity index (χ1v) is 12.0. The fourth-order valence-corrected chi connectivity index (χ4v) is 4.39. The van der Waals surface area contributed by atoms with Crippen LogP contribution >= 0.6 is 0 Å². The standard InChI is InChI=1S/C25H39NO.C2H6.H2/c1-5-18-25(3,4)19-22-14-16-23(17-15-22)26-24(27)9-7-8-21-12-10-20(6-2)11-13-21;1-2;/h7-8,14-17,20-21H,5-6,9-13,18-19H2,1-4H3,(H,26,27);1-2H3;1H/b8-7+;;. The van der Waals surface area contributed by atoms with Crippen molar-refractivity contribution in [3.63, 3.8) is 0 Å². The predicted molar refractivity (Wildman–Crippen MR) is 130 cm³/mol. The van der Waals surface area contributed by atoms with Gasteiger partial charge in [0.15, 0.2) is 0 Å². The minimum atomic E-state index is 0. The number of hydrogen-bond donors (Lipinski definition) is 1. The molecule has 2 rings (SSSR count). The van der Waals surface area contributed by atoms with E-state index in [0.29, 0.717) is 17.8 Å². The van der Waals surface area contributed by atoms with Gasteiger partial charge in [0.2, 0.25) is 5.91 Å². The number of rotatable bonds is 9. The Morgan fingerprint density at radius 1 is 1.10 bits per heavy atom. The number of amides is 1. The summed E-state index contributed by atoms with van der Waals surface area (Å²) in [6, 6.07) is 8.36. The molecule has 166 valence electrons. The zero-order chi connectivity index (χ0) is 21.7. The molecule has 2 heteroatoms. The van der Waals surface area contributed by atoms with Crippen molar-refractivity contribution in [3.8, 4) is 0 Å². The third-order valence-electron chi connectivity index (χ3n) is 6.03. The van der Waals surface area contributed by atoms with Crippen LogP contribution in [-0.4, -0.2) is 5.91 Å². The second kappa shape index (κ2) is 13.6. The fourth-order valence-electron chi connectivity index (χ4n) is 4.39. The second-order valence-electron chi connectivity index (χ2n) is 9.16. The van der Waals surface area contributed by atoms with Gasteiger partial charge in [-0.3, -0.25) is 4.79 Å². The summed E-state index contributed by atoms with van der Waals surface area (Å²) in [5.74, 6) is 1.67. The van der Waals surface area contributed by atoms with Gasteiger partial charge >= 0.3 is 0 Å². The summed E-state index contributed by atoms with van der Waals surface area (Å²) in [6.07, 6.45) is 14.9. The lowest BCUT2D eigenvalue weighted by molar-refractivity contribution is -0.115. The van der Waals surface area contributed by atoms with Gasteiger partial charge in [0.1, 0.15) is 0 Å². The number of carbonyl (C=O) groups excluding carboxylic acids is 1. The Labute approximate surface area is 182 Å². The molecule has 1 aromatic carbocycles.